The molecular weight excluding hydrogens is 374 g/mol. The fourth-order valence-electron chi connectivity index (χ4n) is 3.50. The molecule has 0 bridgehead atoms. The molecular formula is C26H29NO3. The molecule has 1 aliphatic rings. The van der Waals surface area contributed by atoms with E-state index < -0.39 is 0 Å². The van der Waals surface area contributed by atoms with Crippen molar-refractivity contribution in [2.75, 3.05) is 25.1 Å². The Morgan fingerprint density at radius 1 is 0.833 bits per heavy atom. The molecule has 3 aromatic rings. The second-order valence-corrected chi connectivity index (χ2v) is 7.56. The molecule has 0 spiro atoms. The highest BCUT2D eigenvalue weighted by Crippen LogP contribution is 2.21. The van der Waals surface area contributed by atoms with Crippen LogP contribution in [0.2, 0.25) is 0 Å². The Bertz CT molecular complexity index is 890. The Balaban J connectivity index is 1.21. The molecule has 30 heavy (non-hydrogen) atoms. The lowest BCUT2D eigenvalue weighted by molar-refractivity contribution is 0.0680. The molecule has 4 rings (SSSR count). The van der Waals surface area contributed by atoms with E-state index in [-0.39, 0.29) is 6.10 Å². The van der Waals surface area contributed by atoms with Gasteiger partial charge in [0.2, 0.25) is 0 Å². The van der Waals surface area contributed by atoms with Gasteiger partial charge >= 0.3 is 0 Å². The zero-order chi connectivity index (χ0) is 20.4. The SMILES string of the molecule is c1ccc(CCOc2ccc(CNc3cccc(OCC4CCCO4)c3)cc2)cc1. The van der Waals surface area contributed by atoms with Gasteiger partial charge in [0.25, 0.3) is 0 Å². The zero-order valence-electron chi connectivity index (χ0n) is 17.3. The average molecular weight is 404 g/mol. The number of anilines is 1. The van der Waals surface area contributed by atoms with Gasteiger partial charge in [0.1, 0.15) is 18.1 Å². The predicted molar refractivity (Wildman–Crippen MR) is 120 cm³/mol. The summed E-state index contributed by atoms with van der Waals surface area (Å²) in [6, 6.07) is 26.8. The first-order valence-corrected chi connectivity index (χ1v) is 10.7. The summed E-state index contributed by atoms with van der Waals surface area (Å²) in [5.41, 5.74) is 3.54. The zero-order valence-corrected chi connectivity index (χ0v) is 17.3. The number of hydrogen-bond donors (Lipinski definition) is 1. The molecule has 4 heteroatoms. The monoisotopic (exact) mass is 403 g/mol. The van der Waals surface area contributed by atoms with E-state index in [1.165, 1.54) is 11.1 Å². The second-order valence-electron chi connectivity index (χ2n) is 7.56. The average Bonchev–Trinajstić information content (AvgIpc) is 3.32. The minimum atomic E-state index is 0.232. The van der Waals surface area contributed by atoms with Gasteiger partial charge in [-0.05, 0) is 48.2 Å². The molecule has 1 aliphatic heterocycles. The van der Waals surface area contributed by atoms with Crippen molar-refractivity contribution in [2.24, 2.45) is 0 Å². The quantitative estimate of drug-likeness (QED) is 0.487. The lowest BCUT2D eigenvalue weighted by atomic mass is 10.2. The first-order valence-electron chi connectivity index (χ1n) is 10.7. The standard InChI is InChI=1S/C26H29NO3/c1-2-6-21(7-3-1)15-17-29-24-13-11-22(12-14-24)19-27-23-8-4-9-25(18-23)30-20-26-10-5-16-28-26/h1-4,6-9,11-14,18,26-27H,5,10,15-17,19-20H2. The summed E-state index contributed by atoms with van der Waals surface area (Å²) in [5.74, 6) is 1.77. The Labute approximate surface area is 178 Å². The predicted octanol–water partition coefficient (Wildman–Crippen LogP) is 5.48. The largest absolute Gasteiger partial charge is 0.493 e. The van der Waals surface area contributed by atoms with Crippen molar-refractivity contribution in [2.45, 2.75) is 31.9 Å². The van der Waals surface area contributed by atoms with Gasteiger partial charge in [-0.15, -0.1) is 0 Å². The maximum atomic E-state index is 5.89. The number of ether oxygens (including phenoxy) is 3. The highest BCUT2D eigenvalue weighted by molar-refractivity contribution is 5.48. The van der Waals surface area contributed by atoms with Crippen LogP contribution in [-0.4, -0.2) is 25.9 Å². The van der Waals surface area contributed by atoms with Gasteiger partial charge in [0, 0.05) is 31.3 Å². The first-order chi connectivity index (χ1) is 14.8. The van der Waals surface area contributed by atoms with Crippen molar-refractivity contribution in [1.82, 2.24) is 0 Å². The number of hydrogen-bond acceptors (Lipinski definition) is 4. The second kappa shape index (κ2) is 10.7. The van der Waals surface area contributed by atoms with Crippen LogP contribution in [0.25, 0.3) is 0 Å². The van der Waals surface area contributed by atoms with E-state index in [9.17, 15) is 0 Å². The third-order valence-electron chi connectivity index (χ3n) is 5.22. The van der Waals surface area contributed by atoms with Crippen molar-refractivity contribution in [3.05, 3.63) is 90.0 Å². The molecule has 1 saturated heterocycles. The number of rotatable bonds is 10. The molecule has 1 N–H and O–H groups in total. The summed E-state index contributed by atoms with van der Waals surface area (Å²) in [6.45, 7) is 2.90. The topological polar surface area (TPSA) is 39.7 Å². The van der Waals surface area contributed by atoms with E-state index in [1.54, 1.807) is 0 Å². The van der Waals surface area contributed by atoms with E-state index in [2.05, 4.69) is 47.8 Å². The lowest BCUT2D eigenvalue weighted by Crippen LogP contribution is -2.16. The van der Waals surface area contributed by atoms with Crippen molar-refractivity contribution in [3.63, 3.8) is 0 Å². The fraction of sp³-hybridized carbons (Fsp3) is 0.308. The Kier molecular flexibility index (Phi) is 7.24. The molecule has 0 amide bonds. The summed E-state index contributed by atoms with van der Waals surface area (Å²) in [5, 5.41) is 3.46. The third kappa shape index (κ3) is 6.26. The normalized spacial score (nSPS) is 15.7. The summed E-state index contributed by atoms with van der Waals surface area (Å²) in [6.07, 6.45) is 3.36. The molecule has 1 heterocycles. The molecule has 0 aromatic heterocycles. The maximum absolute atomic E-state index is 5.89. The van der Waals surface area contributed by atoms with Crippen molar-refractivity contribution in [3.8, 4) is 11.5 Å². The van der Waals surface area contributed by atoms with Crippen LogP contribution in [0, 0.1) is 0 Å². The van der Waals surface area contributed by atoms with E-state index in [1.807, 2.05) is 36.4 Å². The van der Waals surface area contributed by atoms with E-state index in [0.29, 0.717) is 13.2 Å². The summed E-state index contributed by atoms with van der Waals surface area (Å²) in [4.78, 5) is 0. The number of nitrogens with one attached hydrogen (secondary N) is 1. The van der Waals surface area contributed by atoms with Gasteiger partial charge in [0.15, 0.2) is 0 Å². The molecule has 1 atom stereocenters. The fourth-order valence-corrected chi connectivity index (χ4v) is 3.50. The highest BCUT2D eigenvalue weighted by Gasteiger charge is 2.15. The van der Waals surface area contributed by atoms with Crippen LogP contribution < -0.4 is 14.8 Å². The number of benzene rings is 3. The van der Waals surface area contributed by atoms with Crippen LogP contribution >= 0.6 is 0 Å². The van der Waals surface area contributed by atoms with Crippen LogP contribution in [-0.2, 0) is 17.7 Å². The Morgan fingerprint density at radius 2 is 1.70 bits per heavy atom. The minimum Gasteiger partial charge on any atom is -0.493 e. The molecule has 156 valence electrons. The minimum absolute atomic E-state index is 0.232. The summed E-state index contributed by atoms with van der Waals surface area (Å²) >= 11 is 0. The van der Waals surface area contributed by atoms with Crippen LogP contribution in [0.5, 0.6) is 11.5 Å². The smallest absolute Gasteiger partial charge is 0.121 e. The van der Waals surface area contributed by atoms with Crippen LogP contribution in [0.1, 0.15) is 24.0 Å². The Hall–Kier alpha value is -2.98. The van der Waals surface area contributed by atoms with Gasteiger partial charge in [-0.2, -0.15) is 0 Å². The molecule has 0 saturated carbocycles. The molecule has 4 nitrogen and oxygen atoms in total. The van der Waals surface area contributed by atoms with Gasteiger partial charge in [-0.3, -0.25) is 0 Å². The lowest BCUT2D eigenvalue weighted by Gasteiger charge is -2.13. The molecule has 0 radical (unpaired) electrons. The van der Waals surface area contributed by atoms with Crippen molar-refractivity contribution < 1.29 is 14.2 Å². The third-order valence-corrected chi connectivity index (χ3v) is 5.22. The molecule has 3 aromatic carbocycles. The van der Waals surface area contributed by atoms with Crippen molar-refractivity contribution >= 4 is 5.69 Å². The van der Waals surface area contributed by atoms with Gasteiger partial charge < -0.3 is 19.5 Å². The van der Waals surface area contributed by atoms with Crippen LogP contribution in [0.4, 0.5) is 5.69 Å². The summed E-state index contributed by atoms with van der Waals surface area (Å²) < 4.78 is 17.4. The van der Waals surface area contributed by atoms with Crippen LogP contribution in [0.3, 0.4) is 0 Å². The summed E-state index contributed by atoms with van der Waals surface area (Å²) in [7, 11) is 0. The van der Waals surface area contributed by atoms with Gasteiger partial charge in [0.05, 0.1) is 12.7 Å². The van der Waals surface area contributed by atoms with Gasteiger partial charge in [-0.1, -0.05) is 48.5 Å². The van der Waals surface area contributed by atoms with E-state index in [0.717, 1.165) is 49.6 Å². The molecule has 1 unspecified atom stereocenters. The van der Waals surface area contributed by atoms with E-state index in [4.69, 9.17) is 14.2 Å². The Morgan fingerprint density at radius 3 is 2.50 bits per heavy atom. The highest BCUT2D eigenvalue weighted by atomic mass is 16.5. The van der Waals surface area contributed by atoms with E-state index >= 15 is 0 Å². The maximum Gasteiger partial charge on any atom is 0.121 e. The molecule has 1 fully saturated rings. The van der Waals surface area contributed by atoms with Crippen molar-refractivity contribution in [1.29, 1.82) is 0 Å². The van der Waals surface area contributed by atoms with Crippen LogP contribution in [0.15, 0.2) is 78.9 Å². The molecule has 0 aliphatic carbocycles. The van der Waals surface area contributed by atoms with Gasteiger partial charge in [-0.25, -0.2) is 0 Å². The first kappa shape index (κ1) is 20.3.